The van der Waals surface area contributed by atoms with Crippen LogP contribution in [0.1, 0.15) is 24.8 Å². The van der Waals surface area contributed by atoms with Crippen molar-refractivity contribution in [2.75, 3.05) is 37.0 Å². The number of carbonyl (C=O) groups is 1. The van der Waals surface area contributed by atoms with Gasteiger partial charge in [0, 0.05) is 57.8 Å². The molecule has 0 bridgehead atoms. The van der Waals surface area contributed by atoms with Crippen molar-refractivity contribution in [2.24, 2.45) is 5.41 Å². The Morgan fingerprint density at radius 3 is 2.78 bits per heavy atom. The van der Waals surface area contributed by atoms with Gasteiger partial charge in [-0.3, -0.25) is 4.79 Å². The number of aryl methyl sites for hydroxylation is 1. The molecule has 0 aliphatic carbocycles. The van der Waals surface area contributed by atoms with Crippen LogP contribution >= 0.6 is 0 Å². The molecule has 0 radical (unpaired) electrons. The van der Waals surface area contributed by atoms with Crippen LogP contribution in [0.15, 0.2) is 24.9 Å². The standard InChI is InChI=1S/C19H26N6O2/c1-14-11-21-18(22-16(14)23(2)3)25-7-4-19(5-8-25)10-15(27-17(19)26)12-24-9-6-20-13-24/h6,9,11,13,15H,4-5,7-8,10,12H2,1-3H3. The van der Waals surface area contributed by atoms with Gasteiger partial charge in [0.15, 0.2) is 0 Å². The zero-order valence-corrected chi connectivity index (χ0v) is 16.1. The Bertz CT molecular complexity index is 812. The molecule has 0 saturated carbocycles. The third-order valence-electron chi connectivity index (χ3n) is 5.66. The van der Waals surface area contributed by atoms with Gasteiger partial charge in [0.1, 0.15) is 11.9 Å². The van der Waals surface area contributed by atoms with Gasteiger partial charge in [-0.2, -0.15) is 4.98 Å². The monoisotopic (exact) mass is 370 g/mol. The molecule has 2 aromatic heterocycles. The molecule has 0 N–H and O–H groups in total. The minimum Gasteiger partial charge on any atom is -0.460 e. The van der Waals surface area contributed by atoms with E-state index in [0.29, 0.717) is 6.54 Å². The van der Waals surface area contributed by atoms with Crippen molar-refractivity contribution in [2.45, 2.75) is 38.8 Å². The van der Waals surface area contributed by atoms with E-state index in [2.05, 4.69) is 14.9 Å². The van der Waals surface area contributed by atoms with Gasteiger partial charge in [-0.1, -0.05) is 0 Å². The first kappa shape index (κ1) is 17.8. The normalized spacial score (nSPS) is 21.5. The predicted molar refractivity (Wildman–Crippen MR) is 102 cm³/mol. The van der Waals surface area contributed by atoms with E-state index in [1.807, 2.05) is 42.9 Å². The molecule has 144 valence electrons. The van der Waals surface area contributed by atoms with Crippen molar-refractivity contribution >= 4 is 17.7 Å². The highest BCUT2D eigenvalue weighted by atomic mass is 16.6. The predicted octanol–water partition coefficient (Wildman–Crippen LogP) is 1.65. The van der Waals surface area contributed by atoms with Crippen molar-refractivity contribution in [1.82, 2.24) is 19.5 Å². The minimum absolute atomic E-state index is 0.0499. The lowest BCUT2D eigenvalue weighted by Gasteiger charge is -2.36. The fraction of sp³-hybridized carbons (Fsp3) is 0.579. The second-order valence-electron chi connectivity index (χ2n) is 7.83. The highest BCUT2D eigenvalue weighted by Gasteiger charge is 2.50. The van der Waals surface area contributed by atoms with E-state index in [0.717, 1.165) is 49.7 Å². The molecule has 2 saturated heterocycles. The van der Waals surface area contributed by atoms with Crippen LogP contribution in [0, 0.1) is 12.3 Å². The van der Waals surface area contributed by atoms with Crippen molar-refractivity contribution in [1.29, 1.82) is 0 Å². The molecular weight excluding hydrogens is 344 g/mol. The largest absolute Gasteiger partial charge is 0.460 e. The summed E-state index contributed by atoms with van der Waals surface area (Å²) in [6.07, 6.45) is 9.53. The summed E-state index contributed by atoms with van der Waals surface area (Å²) in [7, 11) is 3.97. The molecule has 8 heteroatoms. The van der Waals surface area contributed by atoms with Gasteiger partial charge < -0.3 is 19.1 Å². The molecule has 1 spiro atoms. The van der Waals surface area contributed by atoms with Gasteiger partial charge >= 0.3 is 5.97 Å². The molecule has 27 heavy (non-hydrogen) atoms. The summed E-state index contributed by atoms with van der Waals surface area (Å²) in [5, 5.41) is 0. The first-order valence-electron chi connectivity index (χ1n) is 9.40. The molecule has 8 nitrogen and oxygen atoms in total. The second kappa shape index (κ2) is 6.83. The fourth-order valence-electron chi connectivity index (χ4n) is 4.14. The Kier molecular flexibility index (Phi) is 4.49. The van der Waals surface area contributed by atoms with Crippen LogP contribution in [-0.2, 0) is 16.1 Å². The third kappa shape index (κ3) is 3.36. The van der Waals surface area contributed by atoms with Gasteiger partial charge in [0.25, 0.3) is 0 Å². The number of hydrogen-bond acceptors (Lipinski definition) is 7. The van der Waals surface area contributed by atoms with Gasteiger partial charge in [-0.05, 0) is 19.8 Å². The summed E-state index contributed by atoms with van der Waals surface area (Å²) < 4.78 is 7.66. The lowest BCUT2D eigenvalue weighted by molar-refractivity contribution is -0.150. The van der Waals surface area contributed by atoms with Crippen LogP contribution in [0.3, 0.4) is 0 Å². The lowest BCUT2D eigenvalue weighted by Crippen LogP contribution is -2.43. The maximum absolute atomic E-state index is 12.6. The molecule has 1 atom stereocenters. The summed E-state index contributed by atoms with van der Waals surface area (Å²) in [6, 6.07) is 0. The van der Waals surface area contributed by atoms with E-state index in [4.69, 9.17) is 9.72 Å². The molecule has 0 aromatic carbocycles. The molecule has 0 amide bonds. The molecule has 2 aromatic rings. The number of aromatic nitrogens is 4. The first-order chi connectivity index (χ1) is 13.0. The number of imidazole rings is 1. The number of hydrogen-bond donors (Lipinski definition) is 0. The van der Waals surface area contributed by atoms with Crippen LogP contribution in [0.5, 0.6) is 0 Å². The SMILES string of the molecule is Cc1cnc(N2CCC3(CC2)CC(Cn2ccnc2)OC3=O)nc1N(C)C. The van der Waals surface area contributed by atoms with Crippen LogP contribution in [0.4, 0.5) is 11.8 Å². The Hall–Kier alpha value is -2.64. The Balaban J connectivity index is 1.42. The topological polar surface area (TPSA) is 76.4 Å². The van der Waals surface area contributed by atoms with Gasteiger partial charge in [-0.25, -0.2) is 9.97 Å². The molecule has 2 fully saturated rings. The number of carbonyl (C=O) groups excluding carboxylic acids is 1. The number of anilines is 2. The van der Waals surface area contributed by atoms with Gasteiger partial charge in [0.2, 0.25) is 5.95 Å². The molecule has 1 unspecified atom stereocenters. The van der Waals surface area contributed by atoms with Crippen LogP contribution in [-0.4, -0.2) is 58.8 Å². The summed E-state index contributed by atoms with van der Waals surface area (Å²) in [5.74, 6) is 1.62. The summed E-state index contributed by atoms with van der Waals surface area (Å²) in [4.78, 5) is 30.1. The van der Waals surface area contributed by atoms with Gasteiger partial charge in [0.05, 0.1) is 18.3 Å². The fourth-order valence-corrected chi connectivity index (χ4v) is 4.14. The summed E-state index contributed by atoms with van der Waals surface area (Å²) in [5.41, 5.74) is 0.690. The molecule has 4 rings (SSSR count). The van der Waals surface area contributed by atoms with Crippen molar-refractivity contribution in [3.8, 4) is 0 Å². The van der Waals surface area contributed by atoms with Crippen molar-refractivity contribution in [3.63, 3.8) is 0 Å². The highest BCUT2D eigenvalue weighted by Crippen LogP contribution is 2.44. The van der Waals surface area contributed by atoms with E-state index in [1.165, 1.54) is 0 Å². The number of rotatable bonds is 4. The van der Waals surface area contributed by atoms with Crippen LogP contribution in [0.25, 0.3) is 0 Å². The van der Waals surface area contributed by atoms with E-state index in [9.17, 15) is 4.79 Å². The van der Waals surface area contributed by atoms with Crippen molar-refractivity contribution in [3.05, 3.63) is 30.5 Å². The second-order valence-corrected chi connectivity index (χ2v) is 7.83. The lowest BCUT2D eigenvalue weighted by atomic mass is 9.76. The van der Waals surface area contributed by atoms with Crippen LogP contribution < -0.4 is 9.80 Å². The Morgan fingerprint density at radius 1 is 1.33 bits per heavy atom. The molecule has 4 heterocycles. The summed E-state index contributed by atoms with van der Waals surface area (Å²) >= 11 is 0. The third-order valence-corrected chi connectivity index (χ3v) is 5.66. The number of ether oxygens (including phenoxy) is 1. The van der Waals surface area contributed by atoms with Gasteiger partial charge in [-0.15, -0.1) is 0 Å². The van der Waals surface area contributed by atoms with E-state index < -0.39 is 0 Å². The Labute approximate surface area is 159 Å². The Morgan fingerprint density at radius 2 is 2.11 bits per heavy atom. The van der Waals surface area contributed by atoms with E-state index >= 15 is 0 Å². The van der Waals surface area contributed by atoms with E-state index in [1.54, 1.807) is 12.5 Å². The maximum atomic E-state index is 12.6. The number of esters is 1. The number of nitrogens with zero attached hydrogens (tertiary/aromatic N) is 6. The van der Waals surface area contributed by atoms with Crippen LogP contribution in [0.2, 0.25) is 0 Å². The van der Waals surface area contributed by atoms with E-state index in [-0.39, 0.29) is 17.5 Å². The molecular formula is C19H26N6O2. The van der Waals surface area contributed by atoms with Crippen molar-refractivity contribution < 1.29 is 9.53 Å². The zero-order chi connectivity index (χ0) is 19.0. The zero-order valence-electron chi connectivity index (χ0n) is 16.1. The number of piperidine rings is 1. The smallest absolute Gasteiger partial charge is 0.312 e. The maximum Gasteiger partial charge on any atom is 0.312 e. The minimum atomic E-state index is -0.364. The summed E-state index contributed by atoms with van der Waals surface area (Å²) in [6.45, 7) is 4.22. The average molecular weight is 370 g/mol. The molecule has 2 aliphatic rings. The highest BCUT2D eigenvalue weighted by molar-refractivity contribution is 5.79. The average Bonchev–Trinajstić information content (AvgIpc) is 3.25. The number of cyclic esters (lactones) is 1. The quantitative estimate of drug-likeness (QED) is 0.758. The molecule has 2 aliphatic heterocycles. The first-order valence-corrected chi connectivity index (χ1v) is 9.40.